The summed E-state index contributed by atoms with van der Waals surface area (Å²) in [5, 5.41) is -0.529. The van der Waals surface area contributed by atoms with E-state index in [2.05, 4.69) is 4.98 Å². The first-order valence-electron chi connectivity index (χ1n) is 7.89. The second-order valence-electron chi connectivity index (χ2n) is 6.16. The van der Waals surface area contributed by atoms with E-state index in [9.17, 15) is 13.2 Å². The van der Waals surface area contributed by atoms with Crippen molar-refractivity contribution in [3.05, 3.63) is 23.9 Å². The van der Waals surface area contributed by atoms with Crippen molar-refractivity contribution in [3.63, 3.8) is 0 Å². The minimum atomic E-state index is -3.37. The molecule has 0 aliphatic carbocycles. The number of hydrogen-bond acceptors (Lipinski definition) is 6. The van der Waals surface area contributed by atoms with Gasteiger partial charge in [-0.15, -0.1) is 0 Å². The van der Waals surface area contributed by atoms with Crippen LogP contribution in [0.25, 0.3) is 0 Å². The molecule has 2 fully saturated rings. The molecule has 0 N–H and O–H groups in total. The molecule has 0 saturated carbocycles. The monoisotopic (exact) mass is 354 g/mol. The van der Waals surface area contributed by atoms with Crippen molar-refractivity contribution in [3.8, 4) is 0 Å². The second kappa shape index (κ2) is 6.66. The van der Waals surface area contributed by atoms with Gasteiger partial charge in [0.05, 0.1) is 18.8 Å². The van der Waals surface area contributed by atoms with Crippen LogP contribution in [0.15, 0.2) is 18.3 Å². The minimum absolute atomic E-state index is 0.180. The summed E-state index contributed by atoms with van der Waals surface area (Å²) in [6, 6.07) is 3.43. The summed E-state index contributed by atoms with van der Waals surface area (Å²) in [4.78, 5) is 20.2. The zero-order chi connectivity index (χ0) is 17.3. The lowest BCUT2D eigenvalue weighted by Crippen LogP contribution is -2.61. The number of rotatable bonds is 4. The van der Waals surface area contributed by atoms with Gasteiger partial charge in [-0.25, -0.2) is 13.4 Å². The number of morpholine rings is 1. The summed E-state index contributed by atoms with van der Waals surface area (Å²) in [6.07, 6.45) is 1.63. The SMILES string of the molecule is CN(C)c1ncccc1C(=O)N1CC(S(=O)(=O)N2CCOCC2)C1. The van der Waals surface area contributed by atoms with E-state index in [0.29, 0.717) is 37.7 Å². The second-order valence-corrected chi connectivity index (χ2v) is 8.37. The fourth-order valence-electron chi connectivity index (χ4n) is 2.89. The van der Waals surface area contributed by atoms with E-state index in [-0.39, 0.29) is 19.0 Å². The van der Waals surface area contributed by atoms with Gasteiger partial charge in [0.15, 0.2) is 0 Å². The van der Waals surface area contributed by atoms with Crippen molar-refractivity contribution in [1.29, 1.82) is 0 Å². The van der Waals surface area contributed by atoms with Crippen molar-refractivity contribution < 1.29 is 17.9 Å². The molecule has 132 valence electrons. The largest absolute Gasteiger partial charge is 0.379 e. The van der Waals surface area contributed by atoms with E-state index in [1.54, 1.807) is 28.1 Å². The number of likely N-dealkylation sites (tertiary alicyclic amines) is 1. The molecule has 0 radical (unpaired) electrons. The fraction of sp³-hybridized carbons (Fsp3) is 0.600. The standard InChI is InChI=1S/C15H22N4O4S/c1-17(2)14-13(4-3-5-16-14)15(20)18-10-12(11-18)24(21,22)19-6-8-23-9-7-19/h3-5,12H,6-11H2,1-2H3. The van der Waals surface area contributed by atoms with E-state index in [4.69, 9.17) is 4.74 Å². The van der Waals surface area contributed by atoms with Crippen LogP contribution in [0, 0.1) is 0 Å². The van der Waals surface area contributed by atoms with Gasteiger partial charge in [0.25, 0.3) is 5.91 Å². The van der Waals surface area contributed by atoms with Crippen LogP contribution in [0.3, 0.4) is 0 Å². The average molecular weight is 354 g/mol. The summed E-state index contributed by atoms with van der Waals surface area (Å²) in [5.41, 5.74) is 0.490. The highest BCUT2D eigenvalue weighted by atomic mass is 32.2. The van der Waals surface area contributed by atoms with Crippen LogP contribution >= 0.6 is 0 Å². The highest BCUT2D eigenvalue weighted by molar-refractivity contribution is 7.89. The number of carbonyl (C=O) groups excluding carboxylic acids is 1. The van der Waals surface area contributed by atoms with Crippen molar-refractivity contribution in [2.24, 2.45) is 0 Å². The first-order chi connectivity index (χ1) is 11.4. The lowest BCUT2D eigenvalue weighted by molar-refractivity contribution is 0.0617. The zero-order valence-electron chi connectivity index (χ0n) is 13.9. The topological polar surface area (TPSA) is 83.1 Å². The molecule has 3 rings (SSSR count). The van der Waals surface area contributed by atoms with Gasteiger partial charge >= 0.3 is 0 Å². The lowest BCUT2D eigenvalue weighted by Gasteiger charge is -2.41. The molecular weight excluding hydrogens is 332 g/mol. The molecule has 0 atom stereocenters. The molecule has 0 spiro atoms. The molecule has 1 amide bonds. The Balaban J connectivity index is 1.67. The van der Waals surface area contributed by atoms with Crippen LogP contribution in [-0.2, 0) is 14.8 Å². The Kier molecular flexibility index (Phi) is 4.75. The van der Waals surface area contributed by atoms with E-state index in [1.165, 1.54) is 4.31 Å². The maximum Gasteiger partial charge on any atom is 0.257 e. The number of pyridine rings is 1. The van der Waals surface area contributed by atoms with E-state index in [0.717, 1.165) is 0 Å². The number of amides is 1. The molecule has 3 heterocycles. The molecule has 8 nitrogen and oxygen atoms in total. The van der Waals surface area contributed by atoms with Crippen molar-refractivity contribution in [1.82, 2.24) is 14.2 Å². The Hall–Kier alpha value is -1.71. The molecule has 24 heavy (non-hydrogen) atoms. The molecule has 0 unspecified atom stereocenters. The smallest absolute Gasteiger partial charge is 0.257 e. The molecule has 9 heteroatoms. The van der Waals surface area contributed by atoms with Crippen LogP contribution in [0.2, 0.25) is 0 Å². The molecule has 1 aromatic rings. The maximum absolute atomic E-state index is 12.6. The summed E-state index contributed by atoms with van der Waals surface area (Å²) >= 11 is 0. The third-order valence-electron chi connectivity index (χ3n) is 4.33. The van der Waals surface area contributed by atoms with Crippen molar-refractivity contribution in [2.45, 2.75) is 5.25 Å². The number of carbonyl (C=O) groups is 1. The predicted molar refractivity (Wildman–Crippen MR) is 89.6 cm³/mol. The highest BCUT2D eigenvalue weighted by Crippen LogP contribution is 2.25. The summed E-state index contributed by atoms with van der Waals surface area (Å²) < 4.78 is 31.8. The number of hydrogen-bond donors (Lipinski definition) is 0. The lowest BCUT2D eigenvalue weighted by atomic mass is 10.1. The predicted octanol–water partition coefficient (Wildman–Crippen LogP) is -0.366. The van der Waals surface area contributed by atoms with Crippen LogP contribution in [0.4, 0.5) is 5.82 Å². The fourth-order valence-corrected chi connectivity index (χ4v) is 4.71. The Morgan fingerprint density at radius 1 is 1.29 bits per heavy atom. The number of nitrogens with zero attached hydrogens (tertiary/aromatic N) is 4. The van der Waals surface area contributed by atoms with E-state index >= 15 is 0 Å². The van der Waals surface area contributed by atoms with E-state index in [1.807, 2.05) is 14.1 Å². The Morgan fingerprint density at radius 2 is 1.96 bits per heavy atom. The van der Waals surface area contributed by atoms with Crippen LogP contribution < -0.4 is 4.90 Å². The summed E-state index contributed by atoms with van der Waals surface area (Å²) in [5.74, 6) is 0.405. The van der Waals surface area contributed by atoms with Crippen LogP contribution in [0.1, 0.15) is 10.4 Å². The third-order valence-corrected chi connectivity index (χ3v) is 6.55. The molecule has 2 aliphatic rings. The van der Waals surface area contributed by atoms with Crippen LogP contribution in [-0.4, -0.2) is 87.3 Å². The van der Waals surface area contributed by atoms with Crippen molar-refractivity contribution >= 4 is 21.7 Å². The van der Waals surface area contributed by atoms with Gasteiger partial charge in [0, 0.05) is 46.5 Å². The Morgan fingerprint density at radius 3 is 2.58 bits per heavy atom. The van der Waals surface area contributed by atoms with Crippen LogP contribution in [0.5, 0.6) is 0 Å². The molecule has 2 saturated heterocycles. The third kappa shape index (κ3) is 3.11. The van der Waals surface area contributed by atoms with Gasteiger partial charge in [0.2, 0.25) is 10.0 Å². The zero-order valence-corrected chi connectivity index (χ0v) is 14.7. The molecular formula is C15H22N4O4S. The van der Waals surface area contributed by atoms with Gasteiger partial charge in [0.1, 0.15) is 11.1 Å². The summed E-state index contributed by atoms with van der Waals surface area (Å²) in [6.45, 7) is 2.08. The molecule has 0 bridgehead atoms. The van der Waals surface area contributed by atoms with E-state index < -0.39 is 15.3 Å². The van der Waals surface area contributed by atoms with Gasteiger partial charge in [-0.2, -0.15) is 4.31 Å². The number of sulfonamides is 1. The van der Waals surface area contributed by atoms with Crippen molar-refractivity contribution in [2.75, 3.05) is 58.4 Å². The highest BCUT2D eigenvalue weighted by Gasteiger charge is 2.43. The normalized spacial score (nSPS) is 19.8. The first-order valence-corrected chi connectivity index (χ1v) is 9.40. The quantitative estimate of drug-likeness (QED) is 0.734. The molecule has 1 aromatic heterocycles. The van der Waals surface area contributed by atoms with Gasteiger partial charge in [-0.05, 0) is 12.1 Å². The number of aromatic nitrogens is 1. The van der Waals surface area contributed by atoms with Gasteiger partial charge < -0.3 is 14.5 Å². The Labute approximate surface area is 142 Å². The maximum atomic E-state index is 12.6. The Bertz CT molecular complexity index is 710. The first kappa shape index (κ1) is 17.1. The number of anilines is 1. The van der Waals surface area contributed by atoms with Gasteiger partial charge in [-0.1, -0.05) is 0 Å². The van der Waals surface area contributed by atoms with Gasteiger partial charge in [-0.3, -0.25) is 4.79 Å². The molecule has 2 aliphatic heterocycles. The number of ether oxygens (including phenoxy) is 1. The summed E-state index contributed by atoms with van der Waals surface area (Å²) in [7, 11) is 0.274. The average Bonchev–Trinajstić information content (AvgIpc) is 2.54. The molecule has 0 aromatic carbocycles. The minimum Gasteiger partial charge on any atom is -0.379 e.